The third-order valence-electron chi connectivity index (χ3n) is 8.06. The second kappa shape index (κ2) is 11.7. The molecule has 0 aromatic carbocycles. The molecular weight excluding hydrogens is 412 g/mol. The Hall–Kier alpha value is -2.12. The third kappa shape index (κ3) is 6.23. The number of nitrogens with two attached hydrogens (primary N) is 2. The molecule has 0 heterocycles. The van der Waals surface area contributed by atoms with E-state index in [9.17, 15) is 19.2 Å². The van der Waals surface area contributed by atoms with Crippen molar-refractivity contribution in [3.8, 4) is 0 Å². The number of carbonyl (C=O) groups is 4. The summed E-state index contributed by atoms with van der Waals surface area (Å²) in [4.78, 5) is 47.9. The standard InChI is InChI=1S/C24H40N2O6/c1-31-19(27)17-7-13-23(14-8-17,21(25)29)11-5-3-4-6-12-24(22(26)30)15-9-18(10-16-24)20(28)32-2/h17-18H,3-16H2,1-2H3,(H2,25,29)(H2,26,30). The smallest absolute Gasteiger partial charge is 0.308 e. The lowest BCUT2D eigenvalue weighted by Crippen LogP contribution is -2.41. The highest BCUT2D eigenvalue weighted by molar-refractivity contribution is 5.82. The van der Waals surface area contributed by atoms with E-state index in [4.69, 9.17) is 20.9 Å². The van der Waals surface area contributed by atoms with Gasteiger partial charge in [-0.15, -0.1) is 0 Å². The molecule has 0 saturated heterocycles. The number of hydrogen-bond acceptors (Lipinski definition) is 6. The Morgan fingerprint density at radius 2 is 0.969 bits per heavy atom. The highest BCUT2D eigenvalue weighted by atomic mass is 16.5. The molecule has 32 heavy (non-hydrogen) atoms. The Morgan fingerprint density at radius 1 is 0.656 bits per heavy atom. The first kappa shape index (κ1) is 26.1. The molecule has 0 radical (unpaired) electrons. The fraction of sp³-hybridized carbons (Fsp3) is 0.833. The molecule has 182 valence electrons. The summed E-state index contributed by atoms with van der Waals surface area (Å²) in [5.41, 5.74) is 10.5. The summed E-state index contributed by atoms with van der Waals surface area (Å²) in [5, 5.41) is 0. The molecule has 0 spiro atoms. The molecule has 0 atom stereocenters. The number of primary amides is 2. The Balaban J connectivity index is 1.75. The van der Waals surface area contributed by atoms with Crippen LogP contribution < -0.4 is 11.5 Å². The molecule has 2 aliphatic rings. The minimum atomic E-state index is -0.523. The molecular formula is C24H40N2O6. The van der Waals surface area contributed by atoms with E-state index in [0.717, 1.165) is 38.5 Å². The van der Waals surface area contributed by atoms with E-state index in [1.807, 2.05) is 0 Å². The molecule has 8 heteroatoms. The van der Waals surface area contributed by atoms with Crippen molar-refractivity contribution in [3.05, 3.63) is 0 Å². The number of unbranched alkanes of at least 4 members (excludes halogenated alkanes) is 3. The van der Waals surface area contributed by atoms with Gasteiger partial charge in [-0.2, -0.15) is 0 Å². The first-order valence-electron chi connectivity index (χ1n) is 12.0. The summed E-state index contributed by atoms with van der Waals surface area (Å²) in [5.74, 6) is -1.20. The van der Waals surface area contributed by atoms with Crippen LogP contribution in [-0.2, 0) is 28.7 Å². The maximum Gasteiger partial charge on any atom is 0.308 e. The fourth-order valence-electron chi connectivity index (χ4n) is 5.67. The molecule has 0 aromatic heterocycles. The van der Waals surface area contributed by atoms with Crippen LogP contribution >= 0.6 is 0 Å². The third-order valence-corrected chi connectivity index (χ3v) is 8.06. The van der Waals surface area contributed by atoms with Crippen molar-refractivity contribution < 1.29 is 28.7 Å². The predicted molar refractivity (Wildman–Crippen MR) is 119 cm³/mol. The van der Waals surface area contributed by atoms with Gasteiger partial charge in [-0.05, 0) is 64.2 Å². The van der Waals surface area contributed by atoms with E-state index in [1.54, 1.807) is 0 Å². The topological polar surface area (TPSA) is 139 Å². The van der Waals surface area contributed by atoms with E-state index in [1.165, 1.54) is 14.2 Å². The maximum absolute atomic E-state index is 12.2. The lowest BCUT2D eigenvalue weighted by atomic mass is 9.66. The number of methoxy groups -OCH3 is 2. The molecule has 0 aromatic rings. The van der Waals surface area contributed by atoms with Crippen molar-refractivity contribution >= 4 is 23.8 Å². The van der Waals surface area contributed by atoms with Crippen LogP contribution in [0.15, 0.2) is 0 Å². The zero-order chi connectivity index (χ0) is 23.8. The van der Waals surface area contributed by atoms with Crippen LogP contribution in [0.25, 0.3) is 0 Å². The van der Waals surface area contributed by atoms with E-state index >= 15 is 0 Å². The quantitative estimate of drug-likeness (QED) is 0.365. The number of carbonyl (C=O) groups excluding carboxylic acids is 4. The minimum Gasteiger partial charge on any atom is -0.469 e. The first-order valence-corrected chi connectivity index (χ1v) is 12.0. The van der Waals surface area contributed by atoms with E-state index in [0.29, 0.717) is 51.4 Å². The lowest BCUT2D eigenvalue weighted by Gasteiger charge is -2.37. The summed E-state index contributed by atoms with van der Waals surface area (Å²) in [6, 6.07) is 0. The zero-order valence-electron chi connectivity index (χ0n) is 19.7. The average Bonchev–Trinajstić information content (AvgIpc) is 2.80. The van der Waals surface area contributed by atoms with E-state index in [-0.39, 0.29) is 35.6 Å². The minimum absolute atomic E-state index is 0.133. The van der Waals surface area contributed by atoms with Crippen molar-refractivity contribution in [2.45, 2.75) is 89.9 Å². The molecule has 0 bridgehead atoms. The Morgan fingerprint density at radius 3 is 1.22 bits per heavy atom. The second-order valence-electron chi connectivity index (χ2n) is 9.80. The van der Waals surface area contributed by atoms with Crippen LogP contribution in [-0.4, -0.2) is 38.0 Å². The van der Waals surface area contributed by atoms with Crippen LogP contribution in [0.1, 0.15) is 89.9 Å². The molecule has 2 aliphatic carbocycles. The summed E-state index contributed by atoms with van der Waals surface area (Å²) in [6.07, 6.45) is 10.3. The Bertz CT molecular complexity index is 618. The van der Waals surface area contributed by atoms with Crippen LogP contribution in [0, 0.1) is 22.7 Å². The SMILES string of the molecule is COC(=O)C1CCC(CCCCCCC2(C(N)=O)CCC(C(=O)OC)CC2)(C(N)=O)CC1. The second-order valence-corrected chi connectivity index (χ2v) is 9.80. The molecule has 2 fully saturated rings. The molecule has 0 aliphatic heterocycles. The van der Waals surface area contributed by atoms with Gasteiger partial charge < -0.3 is 20.9 Å². The maximum atomic E-state index is 12.2. The van der Waals surface area contributed by atoms with Gasteiger partial charge in [0.2, 0.25) is 11.8 Å². The van der Waals surface area contributed by atoms with Crippen LogP contribution in [0.2, 0.25) is 0 Å². The fourth-order valence-corrected chi connectivity index (χ4v) is 5.67. The largest absolute Gasteiger partial charge is 0.469 e. The van der Waals surface area contributed by atoms with Crippen LogP contribution in [0.3, 0.4) is 0 Å². The van der Waals surface area contributed by atoms with Gasteiger partial charge in [-0.3, -0.25) is 19.2 Å². The number of esters is 2. The molecule has 2 saturated carbocycles. The number of amides is 2. The monoisotopic (exact) mass is 452 g/mol. The number of rotatable bonds is 11. The van der Waals surface area contributed by atoms with Crippen molar-refractivity contribution in [3.63, 3.8) is 0 Å². The average molecular weight is 453 g/mol. The highest BCUT2D eigenvalue weighted by Gasteiger charge is 2.43. The van der Waals surface area contributed by atoms with E-state index in [2.05, 4.69) is 0 Å². The van der Waals surface area contributed by atoms with Gasteiger partial charge in [0.25, 0.3) is 0 Å². The van der Waals surface area contributed by atoms with Crippen LogP contribution in [0.4, 0.5) is 0 Å². The molecule has 0 unspecified atom stereocenters. The van der Waals surface area contributed by atoms with Gasteiger partial charge in [-0.25, -0.2) is 0 Å². The molecule has 8 nitrogen and oxygen atoms in total. The van der Waals surface area contributed by atoms with Gasteiger partial charge in [-0.1, -0.05) is 25.7 Å². The predicted octanol–water partition coefficient (Wildman–Crippen LogP) is 3.00. The highest BCUT2D eigenvalue weighted by Crippen LogP contribution is 2.44. The first-order chi connectivity index (χ1) is 15.2. The van der Waals surface area contributed by atoms with Crippen molar-refractivity contribution in [2.24, 2.45) is 34.1 Å². The molecule has 2 rings (SSSR count). The van der Waals surface area contributed by atoms with Crippen molar-refractivity contribution in [1.82, 2.24) is 0 Å². The summed E-state index contributed by atoms with van der Waals surface area (Å²) in [7, 11) is 2.79. The van der Waals surface area contributed by atoms with Gasteiger partial charge in [0.05, 0.1) is 26.1 Å². The normalized spacial score (nSPS) is 30.3. The van der Waals surface area contributed by atoms with Gasteiger partial charge in [0, 0.05) is 10.8 Å². The lowest BCUT2D eigenvalue weighted by molar-refractivity contribution is -0.149. The van der Waals surface area contributed by atoms with Gasteiger partial charge in [0.1, 0.15) is 0 Å². The van der Waals surface area contributed by atoms with Crippen LogP contribution in [0.5, 0.6) is 0 Å². The summed E-state index contributed by atoms with van der Waals surface area (Å²) >= 11 is 0. The molecule has 4 N–H and O–H groups in total. The summed E-state index contributed by atoms with van der Waals surface area (Å²) < 4.78 is 9.66. The van der Waals surface area contributed by atoms with E-state index < -0.39 is 10.8 Å². The Kier molecular flexibility index (Phi) is 9.52. The number of hydrogen-bond donors (Lipinski definition) is 2. The Labute approximate surface area is 191 Å². The number of ether oxygens (including phenoxy) is 2. The zero-order valence-corrected chi connectivity index (χ0v) is 19.7. The van der Waals surface area contributed by atoms with Gasteiger partial charge >= 0.3 is 11.9 Å². The summed E-state index contributed by atoms with van der Waals surface area (Å²) in [6.45, 7) is 0. The molecule has 2 amide bonds. The van der Waals surface area contributed by atoms with Gasteiger partial charge in [0.15, 0.2) is 0 Å². The van der Waals surface area contributed by atoms with Crippen molar-refractivity contribution in [2.75, 3.05) is 14.2 Å². The van der Waals surface area contributed by atoms with Crippen molar-refractivity contribution in [1.29, 1.82) is 0 Å².